The number of anilines is 1. The van der Waals surface area contributed by atoms with Crippen LogP contribution in [0.3, 0.4) is 0 Å². The lowest BCUT2D eigenvalue weighted by Crippen LogP contribution is -2.27. The van der Waals surface area contributed by atoms with E-state index in [1.54, 1.807) is 49.4 Å². The van der Waals surface area contributed by atoms with E-state index < -0.39 is 31.9 Å². The van der Waals surface area contributed by atoms with Gasteiger partial charge in [0.1, 0.15) is 5.82 Å². The Kier molecular flexibility index (Phi) is 6.46. The Bertz CT molecular complexity index is 1440. The van der Waals surface area contributed by atoms with Gasteiger partial charge in [0.25, 0.3) is 10.0 Å². The Balaban J connectivity index is 1.72. The molecule has 10 heteroatoms. The summed E-state index contributed by atoms with van der Waals surface area (Å²) in [5, 5.41) is 4.44. The molecule has 1 heterocycles. The van der Waals surface area contributed by atoms with Gasteiger partial charge in [-0.05, 0) is 61.4 Å². The molecule has 0 fully saturated rings. The van der Waals surface area contributed by atoms with Gasteiger partial charge in [0.2, 0.25) is 10.0 Å². The average Bonchev–Trinajstić information content (AvgIpc) is 3.26. The van der Waals surface area contributed by atoms with Crippen LogP contribution in [0, 0.1) is 12.7 Å². The maximum Gasteiger partial charge on any atom is 0.279 e. The highest BCUT2D eigenvalue weighted by molar-refractivity contribution is 7.92. The zero-order valence-corrected chi connectivity index (χ0v) is 20.3. The lowest BCUT2D eigenvalue weighted by molar-refractivity contribution is 0.370. The number of nitrogens with zero attached hydrogens (tertiary/aromatic N) is 2. The van der Waals surface area contributed by atoms with Gasteiger partial charge in [-0.3, -0.25) is 4.72 Å². The molecule has 0 aromatic heterocycles. The van der Waals surface area contributed by atoms with Crippen molar-refractivity contribution in [1.29, 1.82) is 0 Å². The molecule has 0 aliphatic carbocycles. The van der Waals surface area contributed by atoms with E-state index in [9.17, 15) is 21.2 Å². The monoisotopic (exact) mass is 501 g/mol. The van der Waals surface area contributed by atoms with Crippen LogP contribution in [0.1, 0.15) is 36.1 Å². The van der Waals surface area contributed by atoms with Gasteiger partial charge in [0, 0.05) is 12.1 Å². The first-order chi connectivity index (χ1) is 16.1. The van der Waals surface area contributed by atoms with E-state index in [2.05, 4.69) is 9.82 Å². The zero-order chi connectivity index (χ0) is 24.5. The van der Waals surface area contributed by atoms with E-state index in [1.807, 2.05) is 6.92 Å². The fourth-order valence-electron chi connectivity index (χ4n) is 3.65. The summed E-state index contributed by atoms with van der Waals surface area (Å²) in [5.74, 6) is -0.519. The van der Waals surface area contributed by atoms with Gasteiger partial charge in [0.15, 0.2) is 0 Å². The van der Waals surface area contributed by atoms with Crippen molar-refractivity contribution >= 4 is 31.4 Å². The van der Waals surface area contributed by atoms with Crippen molar-refractivity contribution in [3.63, 3.8) is 0 Å². The van der Waals surface area contributed by atoms with Crippen molar-refractivity contribution in [3.8, 4) is 0 Å². The minimum atomic E-state index is -4.01. The van der Waals surface area contributed by atoms with Crippen LogP contribution in [0.15, 0.2) is 82.8 Å². The summed E-state index contributed by atoms with van der Waals surface area (Å²) in [5.41, 5.74) is 2.94. The second-order valence-electron chi connectivity index (χ2n) is 8.00. The molecule has 7 nitrogen and oxygen atoms in total. The van der Waals surface area contributed by atoms with Crippen molar-refractivity contribution in [2.24, 2.45) is 5.10 Å². The van der Waals surface area contributed by atoms with Gasteiger partial charge in [-0.15, -0.1) is 0 Å². The molecule has 0 spiro atoms. The first kappa shape index (κ1) is 23.9. The number of hydrogen-bond acceptors (Lipinski definition) is 5. The van der Waals surface area contributed by atoms with Gasteiger partial charge in [-0.2, -0.15) is 17.9 Å². The lowest BCUT2D eigenvalue weighted by atomic mass is 9.99. The minimum Gasteiger partial charge on any atom is -0.284 e. The fraction of sp³-hybridized carbons (Fsp3) is 0.208. The summed E-state index contributed by atoms with van der Waals surface area (Å²) in [6.45, 7) is 3.40. The van der Waals surface area contributed by atoms with Gasteiger partial charge >= 0.3 is 0 Å². The normalized spacial score (nSPS) is 16.4. The molecule has 0 bridgehead atoms. The largest absolute Gasteiger partial charge is 0.284 e. The summed E-state index contributed by atoms with van der Waals surface area (Å²) in [7, 11) is -7.43. The Morgan fingerprint density at radius 1 is 1.00 bits per heavy atom. The van der Waals surface area contributed by atoms with E-state index >= 15 is 0 Å². The van der Waals surface area contributed by atoms with Crippen LogP contribution in [0.5, 0.6) is 0 Å². The second kappa shape index (κ2) is 9.19. The van der Waals surface area contributed by atoms with E-state index in [0.29, 0.717) is 22.5 Å². The lowest BCUT2D eigenvalue weighted by Gasteiger charge is -2.23. The highest BCUT2D eigenvalue weighted by Gasteiger charge is 2.37. The minimum absolute atomic E-state index is 0.0530. The fourth-order valence-corrected chi connectivity index (χ4v) is 5.72. The van der Waals surface area contributed by atoms with Crippen LogP contribution in [0.2, 0.25) is 0 Å². The molecule has 4 rings (SSSR count). The molecular weight excluding hydrogens is 477 g/mol. The van der Waals surface area contributed by atoms with Gasteiger partial charge in [-0.1, -0.05) is 42.0 Å². The smallest absolute Gasteiger partial charge is 0.279 e. The van der Waals surface area contributed by atoms with Crippen LogP contribution < -0.4 is 4.72 Å². The number of nitrogens with one attached hydrogen (secondary N) is 1. The highest BCUT2D eigenvalue weighted by atomic mass is 32.2. The highest BCUT2D eigenvalue weighted by Crippen LogP contribution is 2.37. The third-order valence-electron chi connectivity index (χ3n) is 5.54. The topological polar surface area (TPSA) is 95.9 Å². The third kappa shape index (κ3) is 4.97. The summed E-state index contributed by atoms with van der Waals surface area (Å²) in [6, 6.07) is 18.1. The average molecular weight is 502 g/mol. The zero-order valence-electron chi connectivity index (χ0n) is 18.6. The predicted octanol–water partition coefficient (Wildman–Crippen LogP) is 4.44. The van der Waals surface area contributed by atoms with Crippen LogP contribution in [-0.4, -0.2) is 32.7 Å². The van der Waals surface area contributed by atoms with E-state index in [1.165, 1.54) is 30.3 Å². The molecule has 0 saturated carbocycles. The van der Waals surface area contributed by atoms with Gasteiger partial charge in [0.05, 0.1) is 22.4 Å². The summed E-state index contributed by atoms with van der Waals surface area (Å²) >= 11 is 0. The van der Waals surface area contributed by atoms with Crippen molar-refractivity contribution in [2.45, 2.75) is 31.2 Å². The Hall–Kier alpha value is -3.24. The molecule has 0 unspecified atom stereocenters. The quantitative estimate of drug-likeness (QED) is 0.518. The molecule has 3 aromatic rings. The molecule has 0 saturated heterocycles. The number of hydrogen-bond donors (Lipinski definition) is 1. The molecular formula is C24H24FN3O4S2. The molecule has 34 heavy (non-hydrogen) atoms. The summed E-state index contributed by atoms with van der Waals surface area (Å²) in [6.07, 6.45) is 0.231. The van der Waals surface area contributed by atoms with Crippen molar-refractivity contribution in [3.05, 3.63) is 95.3 Å². The predicted molar refractivity (Wildman–Crippen MR) is 130 cm³/mol. The number of halogens is 1. The number of aryl methyl sites for hydroxylation is 1. The molecule has 178 valence electrons. The number of sulfonamides is 2. The van der Waals surface area contributed by atoms with E-state index in [0.717, 1.165) is 9.98 Å². The summed E-state index contributed by atoms with van der Waals surface area (Å²) in [4.78, 5) is 0.0915. The molecule has 1 N–H and O–H groups in total. The molecule has 1 aliphatic rings. The van der Waals surface area contributed by atoms with Crippen molar-refractivity contribution in [1.82, 2.24) is 4.41 Å². The number of benzene rings is 3. The molecule has 3 aromatic carbocycles. The van der Waals surface area contributed by atoms with Crippen LogP contribution >= 0.6 is 0 Å². The number of rotatable bonds is 7. The molecule has 0 amide bonds. The first-order valence-electron chi connectivity index (χ1n) is 10.6. The maximum absolute atomic E-state index is 14.0. The number of hydrazone groups is 1. The Labute approximate surface area is 199 Å². The SMILES string of the molecule is CCS(=O)(=O)Nc1ccc(C2=NN(S(=O)(=O)c3ccc(C)cc3)[C@H](c3cccc(F)c3)C2)cc1. The second-order valence-corrected chi connectivity index (χ2v) is 11.8. The molecule has 1 aliphatic heterocycles. The van der Waals surface area contributed by atoms with Crippen LogP contribution in [0.4, 0.5) is 10.1 Å². The van der Waals surface area contributed by atoms with Crippen molar-refractivity contribution in [2.75, 3.05) is 10.5 Å². The summed E-state index contributed by atoms with van der Waals surface area (Å²) < 4.78 is 68.1. The molecule has 0 radical (unpaired) electrons. The standard InChI is InChI=1S/C24H24FN3O4S2/c1-3-33(29,30)27-21-11-9-18(10-12-21)23-16-24(19-5-4-6-20(25)15-19)28(26-23)34(31,32)22-13-7-17(2)8-14-22/h4-15,24,27H,3,16H2,1-2H3/t24-/m0/s1. The third-order valence-corrected chi connectivity index (χ3v) is 8.55. The van der Waals surface area contributed by atoms with E-state index in [-0.39, 0.29) is 17.1 Å². The molecule has 1 atom stereocenters. The van der Waals surface area contributed by atoms with Gasteiger partial charge in [-0.25, -0.2) is 12.8 Å². The Morgan fingerprint density at radius 3 is 2.29 bits per heavy atom. The van der Waals surface area contributed by atoms with Crippen molar-refractivity contribution < 1.29 is 21.2 Å². The Morgan fingerprint density at radius 2 is 1.68 bits per heavy atom. The van der Waals surface area contributed by atoms with Gasteiger partial charge < -0.3 is 0 Å². The first-order valence-corrected chi connectivity index (χ1v) is 13.7. The maximum atomic E-state index is 14.0. The van der Waals surface area contributed by atoms with E-state index in [4.69, 9.17) is 0 Å². The van der Waals surface area contributed by atoms with Crippen LogP contribution in [0.25, 0.3) is 0 Å². The van der Waals surface area contributed by atoms with Crippen LogP contribution in [-0.2, 0) is 20.0 Å².